The van der Waals surface area contributed by atoms with Gasteiger partial charge in [-0.25, -0.2) is 4.98 Å². The fourth-order valence-electron chi connectivity index (χ4n) is 2.02. The minimum absolute atomic E-state index is 0.0899. The normalized spacial score (nSPS) is 10.6. The summed E-state index contributed by atoms with van der Waals surface area (Å²) in [6, 6.07) is 7.45. The lowest BCUT2D eigenvalue weighted by molar-refractivity contribution is 0.0989. The van der Waals surface area contributed by atoms with Crippen molar-refractivity contribution >= 4 is 5.78 Å². The number of Topliss-reactive ketones (excluding diaryl/α,β-unsaturated/α-hetero) is 1. The van der Waals surface area contributed by atoms with Crippen molar-refractivity contribution in [3.05, 3.63) is 53.6 Å². The van der Waals surface area contributed by atoms with Crippen molar-refractivity contribution in [2.24, 2.45) is 5.73 Å². The molecule has 4 nitrogen and oxygen atoms in total. The minimum Gasteiger partial charge on any atom is -0.335 e. The molecule has 4 heteroatoms. The number of rotatable bonds is 6. The molecule has 0 aliphatic carbocycles. The van der Waals surface area contributed by atoms with Crippen molar-refractivity contribution in [1.29, 1.82) is 0 Å². The lowest BCUT2D eigenvalue weighted by atomic mass is 10.1. The molecule has 0 amide bonds. The summed E-state index contributed by atoms with van der Waals surface area (Å²) in [4.78, 5) is 16.4. The van der Waals surface area contributed by atoms with Crippen molar-refractivity contribution in [3.8, 4) is 0 Å². The summed E-state index contributed by atoms with van der Waals surface area (Å²) in [6.07, 6.45) is 5.04. The van der Waals surface area contributed by atoms with Crippen LogP contribution in [0.15, 0.2) is 36.7 Å². The molecular weight excluding hydrogens is 238 g/mol. The molecule has 0 aliphatic rings. The summed E-state index contributed by atoms with van der Waals surface area (Å²) in [5.74, 6) is 0.918. The quantitative estimate of drug-likeness (QED) is 0.807. The van der Waals surface area contributed by atoms with E-state index < -0.39 is 0 Å². The maximum absolute atomic E-state index is 12.2. The molecule has 100 valence electrons. The molecule has 0 unspecified atom stereocenters. The fraction of sp³-hybridized carbons (Fsp3) is 0.333. The monoisotopic (exact) mass is 257 g/mol. The van der Waals surface area contributed by atoms with E-state index in [4.69, 9.17) is 5.73 Å². The highest BCUT2D eigenvalue weighted by Crippen LogP contribution is 2.09. The molecule has 1 heterocycles. The van der Waals surface area contributed by atoms with Crippen LogP contribution in [-0.4, -0.2) is 15.3 Å². The third-order valence-electron chi connectivity index (χ3n) is 3.10. The highest BCUT2D eigenvalue weighted by Gasteiger charge is 2.11. The number of imidazole rings is 1. The van der Waals surface area contributed by atoms with Crippen LogP contribution in [0.5, 0.6) is 0 Å². The molecule has 0 atom stereocenters. The first-order valence-electron chi connectivity index (χ1n) is 6.56. The van der Waals surface area contributed by atoms with Crippen LogP contribution in [0.1, 0.15) is 35.1 Å². The van der Waals surface area contributed by atoms with Gasteiger partial charge in [0.05, 0.1) is 6.42 Å². The lowest BCUT2D eigenvalue weighted by Crippen LogP contribution is -2.10. The molecule has 1 aromatic carbocycles. The fourth-order valence-corrected chi connectivity index (χ4v) is 2.02. The van der Waals surface area contributed by atoms with E-state index in [0.717, 1.165) is 24.4 Å². The Morgan fingerprint density at radius 1 is 1.32 bits per heavy atom. The average molecular weight is 257 g/mol. The van der Waals surface area contributed by atoms with Crippen LogP contribution in [0.2, 0.25) is 0 Å². The van der Waals surface area contributed by atoms with Crippen molar-refractivity contribution < 1.29 is 4.79 Å². The van der Waals surface area contributed by atoms with Gasteiger partial charge >= 0.3 is 0 Å². The van der Waals surface area contributed by atoms with Crippen LogP contribution in [0.25, 0.3) is 0 Å². The van der Waals surface area contributed by atoms with Crippen LogP contribution >= 0.6 is 0 Å². The summed E-state index contributed by atoms with van der Waals surface area (Å²) in [5, 5.41) is 0. The number of nitrogens with two attached hydrogens (primary N) is 1. The molecule has 19 heavy (non-hydrogen) atoms. The van der Waals surface area contributed by atoms with Crippen LogP contribution in [0.4, 0.5) is 0 Å². The number of hydrogen-bond acceptors (Lipinski definition) is 3. The number of aromatic nitrogens is 2. The maximum atomic E-state index is 12.2. The number of carbonyl (C=O) groups is 1. The van der Waals surface area contributed by atoms with Gasteiger partial charge in [0.15, 0.2) is 5.78 Å². The largest absolute Gasteiger partial charge is 0.335 e. The van der Waals surface area contributed by atoms with Gasteiger partial charge in [0.1, 0.15) is 5.82 Å². The summed E-state index contributed by atoms with van der Waals surface area (Å²) in [6.45, 7) is 3.50. The molecule has 1 aromatic heterocycles. The van der Waals surface area contributed by atoms with Crippen molar-refractivity contribution in [2.75, 3.05) is 0 Å². The summed E-state index contributed by atoms with van der Waals surface area (Å²) in [7, 11) is 0. The van der Waals surface area contributed by atoms with Gasteiger partial charge in [-0.3, -0.25) is 4.79 Å². The van der Waals surface area contributed by atoms with E-state index in [9.17, 15) is 4.79 Å². The zero-order valence-corrected chi connectivity index (χ0v) is 11.2. The molecule has 0 aliphatic heterocycles. The second-order valence-electron chi connectivity index (χ2n) is 4.54. The summed E-state index contributed by atoms with van der Waals surface area (Å²) >= 11 is 0. The Balaban J connectivity index is 2.09. The van der Waals surface area contributed by atoms with Crippen LogP contribution in [0.3, 0.4) is 0 Å². The summed E-state index contributed by atoms with van der Waals surface area (Å²) in [5.41, 5.74) is 7.28. The zero-order valence-electron chi connectivity index (χ0n) is 11.2. The van der Waals surface area contributed by atoms with Gasteiger partial charge in [-0.1, -0.05) is 31.2 Å². The second-order valence-corrected chi connectivity index (χ2v) is 4.54. The molecule has 2 rings (SSSR count). The molecule has 0 saturated carbocycles. The van der Waals surface area contributed by atoms with E-state index in [1.54, 1.807) is 6.20 Å². The smallest absolute Gasteiger partial charge is 0.170 e. The Morgan fingerprint density at radius 3 is 2.68 bits per heavy atom. The number of benzene rings is 1. The predicted molar refractivity (Wildman–Crippen MR) is 74.9 cm³/mol. The first-order valence-corrected chi connectivity index (χ1v) is 6.56. The number of aryl methyl sites for hydroxylation is 1. The number of hydrogen-bond donors (Lipinski definition) is 1. The van der Waals surface area contributed by atoms with E-state index in [0.29, 0.717) is 18.5 Å². The van der Waals surface area contributed by atoms with Gasteiger partial charge in [0.2, 0.25) is 0 Å². The zero-order chi connectivity index (χ0) is 13.7. The second kappa shape index (κ2) is 6.29. The lowest BCUT2D eigenvalue weighted by Gasteiger charge is -2.06. The first kappa shape index (κ1) is 13.5. The molecule has 0 fully saturated rings. The molecule has 2 aromatic rings. The number of nitrogens with zero attached hydrogens (tertiary/aromatic N) is 2. The topological polar surface area (TPSA) is 60.9 Å². The van der Waals surface area contributed by atoms with E-state index in [1.807, 2.05) is 35.0 Å². The Hall–Kier alpha value is -1.94. The third-order valence-corrected chi connectivity index (χ3v) is 3.10. The van der Waals surface area contributed by atoms with Gasteiger partial charge in [-0.2, -0.15) is 0 Å². The van der Waals surface area contributed by atoms with Crippen LogP contribution < -0.4 is 5.73 Å². The van der Waals surface area contributed by atoms with Gasteiger partial charge in [0, 0.05) is 31.0 Å². The maximum Gasteiger partial charge on any atom is 0.170 e. The standard InChI is InChI=1S/C15H19N3O/c1-2-8-18-9-7-17-15(18)10-14(19)13-5-3-12(11-16)4-6-13/h3-7,9H,2,8,10-11,16H2,1H3. The van der Waals surface area contributed by atoms with E-state index in [2.05, 4.69) is 11.9 Å². The van der Waals surface area contributed by atoms with E-state index >= 15 is 0 Å². The molecule has 0 radical (unpaired) electrons. The average Bonchev–Trinajstić information content (AvgIpc) is 2.86. The van der Waals surface area contributed by atoms with Gasteiger partial charge < -0.3 is 10.3 Å². The van der Waals surface area contributed by atoms with Gasteiger partial charge in [-0.15, -0.1) is 0 Å². The van der Waals surface area contributed by atoms with Gasteiger partial charge in [0.25, 0.3) is 0 Å². The highest BCUT2D eigenvalue weighted by molar-refractivity contribution is 5.97. The van der Waals surface area contributed by atoms with Crippen molar-refractivity contribution in [1.82, 2.24) is 9.55 Å². The minimum atomic E-state index is 0.0899. The molecule has 2 N–H and O–H groups in total. The molecule has 0 spiro atoms. The Kier molecular flexibility index (Phi) is 4.47. The number of carbonyl (C=O) groups excluding carboxylic acids is 1. The van der Waals surface area contributed by atoms with E-state index in [1.165, 1.54) is 0 Å². The Bertz CT molecular complexity index is 543. The Labute approximate surface area is 113 Å². The van der Waals surface area contributed by atoms with Crippen LogP contribution in [-0.2, 0) is 19.5 Å². The molecule has 0 bridgehead atoms. The number of ketones is 1. The van der Waals surface area contributed by atoms with Crippen molar-refractivity contribution in [2.45, 2.75) is 32.9 Å². The van der Waals surface area contributed by atoms with Crippen molar-refractivity contribution in [3.63, 3.8) is 0 Å². The summed E-state index contributed by atoms with van der Waals surface area (Å²) < 4.78 is 2.03. The SMILES string of the molecule is CCCn1ccnc1CC(=O)c1ccc(CN)cc1. The first-order chi connectivity index (χ1) is 9.24. The molecular formula is C15H19N3O. The Morgan fingerprint density at radius 2 is 2.05 bits per heavy atom. The highest BCUT2D eigenvalue weighted by atomic mass is 16.1. The predicted octanol–water partition coefficient (Wildman–Crippen LogP) is 2.18. The van der Waals surface area contributed by atoms with E-state index in [-0.39, 0.29) is 5.78 Å². The van der Waals surface area contributed by atoms with Crippen LogP contribution in [0, 0.1) is 0 Å². The molecule has 0 saturated heterocycles. The third kappa shape index (κ3) is 3.29. The van der Waals surface area contributed by atoms with Gasteiger partial charge in [-0.05, 0) is 12.0 Å².